The number of aromatic nitrogens is 3. The van der Waals surface area contributed by atoms with Gasteiger partial charge in [-0.25, -0.2) is 4.98 Å². The van der Waals surface area contributed by atoms with Crippen molar-refractivity contribution in [3.63, 3.8) is 0 Å². The van der Waals surface area contributed by atoms with Crippen LogP contribution in [0.5, 0.6) is 5.88 Å². The quantitative estimate of drug-likeness (QED) is 0.459. The fourth-order valence-corrected chi connectivity index (χ4v) is 4.51. The second kappa shape index (κ2) is 8.41. The summed E-state index contributed by atoms with van der Waals surface area (Å²) in [4.78, 5) is 11.9. The lowest BCUT2D eigenvalue weighted by molar-refractivity contribution is 0.122. The summed E-state index contributed by atoms with van der Waals surface area (Å²) in [6.45, 7) is 2.76. The van der Waals surface area contributed by atoms with Crippen molar-refractivity contribution in [1.29, 1.82) is 0 Å². The molecule has 4 aromatic rings. The van der Waals surface area contributed by atoms with Crippen LogP contribution in [0.3, 0.4) is 0 Å². The molecule has 0 bridgehead atoms. The van der Waals surface area contributed by atoms with E-state index in [0.717, 1.165) is 48.3 Å². The number of aromatic hydroxyl groups is 1. The third-order valence-corrected chi connectivity index (χ3v) is 6.44. The van der Waals surface area contributed by atoms with Crippen LogP contribution in [-0.2, 0) is 4.74 Å². The summed E-state index contributed by atoms with van der Waals surface area (Å²) in [6.07, 6.45) is 4.16. The van der Waals surface area contributed by atoms with E-state index < -0.39 is 0 Å². The molecule has 2 N–H and O–H groups in total. The maximum atomic E-state index is 11.0. The van der Waals surface area contributed by atoms with Gasteiger partial charge in [-0.05, 0) is 24.0 Å². The number of hydrogen-bond donors (Lipinski definition) is 2. The number of rotatable bonds is 6. The summed E-state index contributed by atoms with van der Waals surface area (Å²) in [7, 11) is 0. The molecular formula is C26H27N5O2. The molecule has 2 fully saturated rings. The lowest BCUT2D eigenvalue weighted by Gasteiger charge is -2.28. The second-order valence-corrected chi connectivity index (χ2v) is 8.72. The third kappa shape index (κ3) is 3.89. The molecule has 33 heavy (non-hydrogen) atoms. The highest BCUT2D eigenvalue weighted by Crippen LogP contribution is 2.43. The van der Waals surface area contributed by atoms with Crippen LogP contribution in [0.15, 0.2) is 66.9 Å². The molecule has 0 unspecified atom stereocenters. The molecule has 0 atom stereocenters. The molecule has 2 aliphatic rings. The van der Waals surface area contributed by atoms with Gasteiger partial charge in [0.25, 0.3) is 0 Å². The van der Waals surface area contributed by atoms with Crippen molar-refractivity contribution in [2.24, 2.45) is 0 Å². The van der Waals surface area contributed by atoms with Gasteiger partial charge in [-0.3, -0.25) is 0 Å². The lowest BCUT2D eigenvalue weighted by atomic mass is 9.98. The Kier molecular flexibility index (Phi) is 5.11. The number of ether oxygens (including phenoxy) is 1. The second-order valence-electron chi connectivity index (χ2n) is 8.72. The van der Waals surface area contributed by atoms with Gasteiger partial charge in [0.1, 0.15) is 11.3 Å². The highest BCUT2D eigenvalue weighted by atomic mass is 16.5. The molecule has 2 aromatic heterocycles. The molecule has 0 radical (unpaired) electrons. The van der Waals surface area contributed by atoms with E-state index in [0.29, 0.717) is 30.7 Å². The van der Waals surface area contributed by atoms with E-state index in [-0.39, 0.29) is 11.9 Å². The first-order valence-corrected chi connectivity index (χ1v) is 11.6. The molecule has 0 amide bonds. The number of nitrogens with one attached hydrogen (secondary N) is 1. The molecule has 3 heterocycles. The zero-order chi connectivity index (χ0) is 22.2. The van der Waals surface area contributed by atoms with Crippen molar-refractivity contribution in [3.05, 3.63) is 78.0 Å². The van der Waals surface area contributed by atoms with Crippen molar-refractivity contribution in [1.82, 2.24) is 14.5 Å². The summed E-state index contributed by atoms with van der Waals surface area (Å²) in [5, 5.41) is 15.6. The smallest absolute Gasteiger partial charge is 0.228 e. The van der Waals surface area contributed by atoms with Gasteiger partial charge in [0, 0.05) is 25.3 Å². The minimum absolute atomic E-state index is 0.0885. The van der Waals surface area contributed by atoms with Gasteiger partial charge in [0.2, 0.25) is 11.8 Å². The molecule has 0 spiro atoms. The van der Waals surface area contributed by atoms with Crippen molar-refractivity contribution in [2.45, 2.75) is 24.9 Å². The minimum Gasteiger partial charge on any atom is -0.493 e. The van der Waals surface area contributed by atoms with Crippen molar-refractivity contribution >= 4 is 22.7 Å². The average molecular weight is 442 g/mol. The molecule has 7 heteroatoms. The number of hydrogen-bond acceptors (Lipinski definition) is 6. The van der Waals surface area contributed by atoms with Crippen LogP contribution in [0.1, 0.15) is 36.1 Å². The van der Waals surface area contributed by atoms with Crippen molar-refractivity contribution < 1.29 is 9.84 Å². The van der Waals surface area contributed by atoms with Gasteiger partial charge in [-0.15, -0.1) is 0 Å². The van der Waals surface area contributed by atoms with E-state index in [1.165, 1.54) is 0 Å². The van der Waals surface area contributed by atoms with Gasteiger partial charge >= 0.3 is 0 Å². The van der Waals surface area contributed by atoms with Gasteiger partial charge in [-0.1, -0.05) is 60.7 Å². The number of morpholine rings is 1. The Morgan fingerprint density at radius 2 is 1.55 bits per heavy atom. The maximum absolute atomic E-state index is 11.0. The summed E-state index contributed by atoms with van der Waals surface area (Å²) >= 11 is 0. The first-order chi connectivity index (χ1) is 16.3. The number of anilines is 2. The molecule has 1 saturated carbocycles. The Bertz CT molecular complexity index is 1210. The van der Waals surface area contributed by atoms with E-state index in [1.54, 1.807) is 0 Å². The zero-order valence-electron chi connectivity index (χ0n) is 18.4. The topological polar surface area (TPSA) is 75.4 Å². The molecule has 2 aromatic carbocycles. The van der Waals surface area contributed by atoms with Crippen LogP contribution in [0.2, 0.25) is 0 Å². The number of fused-ring (bicyclic) bond motifs is 1. The van der Waals surface area contributed by atoms with Gasteiger partial charge in [0.15, 0.2) is 0 Å². The SMILES string of the molecule is Oc1c2nc(N3CCOCC3)nc(NC(c3ccccc3)c3ccccc3)c2cn1C1CC1. The summed E-state index contributed by atoms with van der Waals surface area (Å²) in [5.41, 5.74) is 2.89. The maximum Gasteiger partial charge on any atom is 0.228 e. The predicted molar refractivity (Wildman–Crippen MR) is 129 cm³/mol. The normalized spacial score (nSPS) is 16.5. The minimum atomic E-state index is -0.0885. The van der Waals surface area contributed by atoms with Crippen LogP contribution in [-0.4, -0.2) is 45.9 Å². The largest absolute Gasteiger partial charge is 0.493 e. The van der Waals surface area contributed by atoms with E-state index in [2.05, 4.69) is 58.7 Å². The van der Waals surface area contributed by atoms with Crippen molar-refractivity contribution in [3.8, 4) is 5.88 Å². The Morgan fingerprint density at radius 3 is 2.15 bits per heavy atom. The highest BCUT2D eigenvalue weighted by molar-refractivity contribution is 5.94. The summed E-state index contributed by atoms with van der Waals surface area (Å²) in [6, 6.07) is 21.0. The average Bonchev–Trinajstić information content (AvgIpc) is 3.67. The summed E-state index contributed by atoms with van der Waals surface area (Å²) < 4.78 is 7.47. The zero-order valence-corrected chi connectivity index (χ0v) is 18.4. The Hall–Kier alpha value is -3.58. The van der Waals surface area contributed by atoms with Crippen LogP contribution in [0.4, 0.5) is 11.8 Å². The van der Waals surface area contributed by atoms with E-state index in [4.69, 9.17) is 14.7 Å². The van der Waals surface area contributed by atoms with Gasteiger partial charge < -0.3 is 24.6 Å². The fourth-order valence-electron chi connectivity index (χ4n) is 4.51. The molecule has 6 rings (SSSR count). The molecule has 168 valence electrons. The molecule has 7 nitrogen and oxygen atoms in total. The van der Waals surface area contributed by atoms with Crippen molar-refractivity contribution in [2.75, 3.05) is 36.5 Å². The Balaban J connectivity index is 1.48. The first-order valence-electron chi connectivity index (χ1n) is 11.6. The van der Waals surface area contributed by atoms with E-state index in [9.17, 15) is 5.11 Å². The summed E-state index contributed by atoms with van der Waals surface area (Å²) in [5.74, 6) is 1.58. The third-order valence-electron chi connectivity index (χ3n) is 6.44. The molecular weight excluding hydrogens is 414 g/mol. The van der Waals surface area contributed by atoms with Crippen LogP contribution >= 0.6 is 0 Å². The molecule has 1 aliphatic heterocycles. The standard InChI is InChI=1S/C26H27N5O2/c32-25-23-21(17-31(25)20-11-12-20)24(29-26(28-23)30-13-15-33-16-14-30)27-22(18-7-3-1-4-8-18)19-9-5-2-6-10-19/h1-10,17,20,22,32H,11-16H2,(H,27,28,29). The van der Waals surface area contributed by atoms with Crippen LogP contribution in [0.25, 0.3) is 10.9 Å². The van der Waals surface area contributed by atoms with Crippen LogP contribution in [0, 0.1) is 0 Å². The van der Waals surface area contributed by atoms with Gasteiger partial charge in [-0.2, -0.15) is 4.98 Å². The molecule has 1 aliphatic carbocycles. The van der Waals surface area contributed by atoms with E-state index >= 15 is 0 Å². The Labute approximate surface area is 192 Å². The lowest BCUT2D eigenvalue weighted by Crippen LogP contribution is -2.37. The number of nitrogens with zero attached hydrogens (tertiary/aromatic N) is 4. The monoisotopic (exact) mass is 441 g/mol. The van der Waals surface area contributed by atoms with Gasteiger partial charge in [0.05, 0.1) is 24.6 Å². The van der Waals surface area contributed by atoms with Crippen LogP contribution < -0.4 is 10.2 Å². The first kappa shape index (κ1) is 20.1. The Morgan fingerprint density at radius 1 is 0.909 bits per heavy atom. The highest BCUT2D eigenvalue weighted by Gasteiger charge is 2.29. The predicted octanol–water partition coefficient (Wildman–Crippen LogP) is 4.51. The fraction of sp³-hybridized carbons (Fsp3) is 0.308. The number of benzene rings is 2. The molecule has 1 saturated heterocycles. The van der Waals surface area contributed by atoms with E-state index in [1.807, 2.05) is 22.9 Å².